The van der Waals surface area contributed by atoms with Gasteiger partial charge in [-0.2, -0.15) is 0 Å². The van der Waals surface area contributed by atoms with E-state index in [0.29, 0.717) is 44.5 Å². The molecule has 0 bridgehead atoms. The van der Waals surface area contributed by atoms with Crippen molar-refractivity contribution in [3.63, 3.8) is 0 Å². The number of methoxy groups -OCH3 is 1. The molecular formula is C30H25Cl2NO6. The Bertz CT molecular complexity index is 1540. The van der Waals surface area contributed by atoms with Gasteiger partial charge in [0, 0.05) is 17.0 Å². The van der Waals surface area contributed by atoms with Crippen LogP contribution in [-0.4, -0.2) is 24.8 Å². The van der Waals surface area contributed by atoms with Crippen LogP contribution in [0, 0.1) is 6.92 Å². The molecule has 1 atom stereocenters. The summed E-state index contributed by atoms with van der Waals surface area (Å²) in [5.41, 5.74) is 4.65. The average Bonchev–Trinajstić information content (AvgIpc) is 3.71. The van der Waals surface area contributed by atoms with E-state index < -0.39 is 12.1 Å². The summed E-state index contributed by atoms with van der Waals surface area (Å²) in [6, 6.07) is 16.2. The quantitative estimate of drug-likeness (QED) is 0.212. The van der Waals surface area contributed by atoms with E-state index in [-0.39, 0.29) is 13.2 Å². The van der Waals surface area contributed by atoms with Crippen LogP contribution in [0.5, 0.6) is 17.2 Å². The Morgan fingerprint density at radius 2 is 1.90 bits per heavy atom. The van der Waals surface area contributed by atoms with Gasteiger partial charge in [-0.1, -0.05) is 46.6 Å². The lowest BCUT2D eigenvalue weighted by Crippen LogP contribution is -2.22. The van der Waals surface area contributed by atoms with E-state index in [9.17, 15) is 4.79 Å². The van der Waals surface area contributed by atoms with Crippen molar-refractivity contribution < 1.29 is 28.3 Å². The minimum Gasteiger partial charge on any atom is -0.489 e. The summed E-state index contributed by atoms with van der Waals surface area (Å²) < 4.78 is 28.7. The first-order valence-corrected chi connectivity index (χ1v) is 13.4. The van der Waals surface area contributed by atoms with Crippen molar-refractivity contribution in [1.29, 1.82) is 0 Å². The van der Waals surface area contributed by atoms with Crippen LogP contribution in [-0.2, 0) is 11.3 Å². The maximum absolute atomic E-state index is 11.8. The summed E-state index contributed by atoms with van der Waals surface area (Å²) in [5, 5.41) is 5.50. The number of hydrogen-bond acceptors (Lipinski definition) is 7. The lowest BCUT2D eigenvalue weighted by Gasteiger charge is -2.27. The van der Waals surface area contributed by atoms with Crippen molar-refractivity contribution in [3.8, 4) is 28.5 Å². The molecule has 39 heavy (non-hydrogen) atoms. The topological polar surface area (TPSA) is 80.0 Å². The average molecular weight is 566 g/mol. The maximum Gasteiger partial charge on any atom is 0.337 e. The minimum absolute atomic E-state index is 0.240. The van der Waals surface area contributed by atoms with E-state index in [2.05, 4.69) is 5.16 Å². The van der Waals surface area contributed by atoms with Crippen molar-refractivity contribution in [2.24, 2.45) is 0 Å². The normalized spacial score (nSPS) is 16.2. The summed E-state index contributed by atoms with van der Waals surface area (Å²) in [6.07, 6.45) is 1.72. The molecule has 6 rings (SSSR count). The third-order valence-electron chi connectivity index (χ3n) is 6.95. The third-order valence-corrected chi connectivity index (χ3v) is 7.59. The van der Waals surface area contributed by atoms with E-state index >= 15 is 0 Å². The van der Waals surface area contributed by atoms with Crippen molar-refractivity contribution in [2.75, 3.05) is 13.7 Å². The van der Waals surface area contributed by atoms with E-state index in [4.69, 9.17) is 46.7 Å². The molecule has 0 spiro atoms. The molecule has 1 aliphatic carbocycles. The number of carbonyl (C=O) groups is 1. The number of carbonyl (C=O) groups excluding carboxylic acids is 1. The van der Waals surface area contributed by atoms with Crippen LogP contribution in [0.25, 0.3) is 11.3 Å². The molecule has 1 unspecified atom stereocenters. The number of halogens is 2. The van der Waals surface area contributed by atoms with Crippen molar-refractivity contribution in [2.45, 2.75) is 38.4 Å². The molecule has 2 aliphatic rings. The summed E-state index contributed by atoms with van der Waals surface area (Å²) in [6.45, 7) is 2.51. The predicted octanol–water partition coefficient (Wildman–Crippen LogP) is 7.71. The van der Waals surface area contributed by atoms with Crippen LogP contribution >= 0.6 is 23.2 Å². The monoisotopic (exact) mass is 565 g/mol. The summed E-state index contributed by atoms with van der Waals surface area (Å²) in [5.74, 6) is 2.38. The molecule has 0 saturated heterocycles. The van der Waals surface area contributed by atoms with Gasteiger partial charge >= 0.3 is 5.97 Å². The number of hydrogen-bond donors (Lipinski definition) is 0. The fourth-order valence-electron chi connectivity index (χ4n) is 4.74. The Hall–Kier alpha value is -3.68. The number of aryl methyl sites for hydroxylation is 1. The molecule has 2 heterocycles. The Kier molecular flexibility index (Phi) is 6.87. The number of nitrogens with zero attached hydrogens (tertiary/aromatic N) is 1. The maximum atomic E-state index is 11.8. The van der Waals surface area contributed by atoms with Crippen molar-refractivity contribution >= 4 is 29.2 Å². The first kappa shape index (κ1) is 25.6. The zero-order chi connectivity index (χ0) is 27.1. The highest BCUT2D eigenvalue weighted by Gasteiger charge is 2.33. The summed E-state index contributed by atoms with van der Waals surface area (Å²) >= 11 is 13.2. The number of fused-ring (bicyclic) bond motifs is 1. The number of rotatable bonds is 7. The fourth-order valence-corrected chi connectivity index (χ4v) is 5.34. The smallest absolute Gasteiger partial charge is 0.337 e. The SMILES string of the molecule is COC(=O)c1ccc2c(c1)OCC(c1ccc(OCc3c(-c4c(C)cccc4Cl)noc3C3CC3)cc1Cl)O2. The second-order valence-corrected chi connectivity index (χ2v) is 10.4. The highest BCUT2D eigenvalue weighted by atomic mass is 35.5. The molecule has 200 valence electrons. The van der Waals surface area contributed by atoms with Crippen LogP contribution in [0.15, 0.2) is 59.1 Å². The van der Waals surface area contributed by atoms with Gasteiger partial charge in [0.2, 0.25) is 0 Å². The van der Waals surface area contributed by atoms with Crippen LogP contribution in [0.2, 0.25) is 10.0 Å². The van der Waals surface area contributed by atoms with Gasteiger partial charge < -0.3 is 23.5 Å². The van der Waals surface area contributed by atoms with Gasteiger partial charge in [0.25, 0.3) is 0 Å². The molecular weight excluding hydrogens is 541 g/mol. The summed E-state index contributed by atoms with van der Waals surface area (Å²) in [4.78, 5) is 11.8. The predicted molar refractivity (Wildman–Crippen MR) is 146 cm³/mol. The van der Waals surface area contributed by atoms with Gasteiger partial charge in [-0.3, -0.25) is 0 Å². The number of esters is 1. The fraction of sp³-hybridized carbons (Fsp3) is 0.267. The molecule has 3 aromatic carbocycles. The van der Waals surface area contributed by atoms with Gasteiger partial charge in [-0.25, -0.2) is 4.79 Å². The molecule has 0 radical (unpaired) electrons. The Balaban J connectivity index is 1.20. The van der Waals surface area contributed by atoms with Crippen LogP contribution in [0.3, 0.4) is 0 Å². The first-order valence-electron chi connectivity index (χ1n) is 12.6. The number of benzene rings is 3. The van der Waals surface area contributed by atoms with E-state index in [1.807, 2.05) is 37.3 Å². The molecule has 1 aromatic heterocycles. The molecule has 9 heteroatoms. The largest absolute Gasteiger partial charge is 0.489 e. The van der Waals surface area contributed by atoms with Crippen LogP contribution < -0.4 is 14.2 Å². The van der Waals surface area contributed by atoms with Gasteiger partial charge in [-0.05, 0) is 61.7 Å². The van der Waals surface area contributed by atoms with Crippen LogP contribution in [0.4, 0.5) is 0 Å². The number of ether oxygens (including phenoxy) is 4. The molecule has 4 aromatic rings. The van der Waals surface area contributed by atoms with Crippen LogP contribution in [0.1, 0.15) is 57.7 Å². The molecule has 1 aliphatic heterocycles. The number of aromatic nitrogens is 1. The molecule has 1 saturated carbocycles. The van der Waals surface area contributed by atoms with Crippen molar-refractivity contribution in [1.82, 2.24) is 5.16 Å². The van der Waals surface area contributed by atoms with Gasteiger partial charge in [0.15, 0.2) is 17.6 Å². The second-order valence-electron chi connectivity index (χ2n) is 9.62. The standard InChI is InChI=1S/C30H25Cl2NO6/c1-16-4-3-5-22(31)27(16)28-21(29(39-33-28)17-6-7-17)14-36-19-9-10-20(23(32)13-19)26-15-37-25-12-18(30(34)35-2)8-11-24(25)38-26/h3-5,8-13,17,26H,6-7,14-15H2,1-2H3. The lowest BCUT2D eigenvalue weighted by atomic mass is 10.0. The van der Waals surface area contributed by atoms with Crippen molar-refractivity contribution in [3.05, 3.63) is 92.7 Å². The minimum atomic E-state index is -0.438. The van der Waals surface area contributed by atoms with E-state index in [0.717, 1.165) is 40.9 Å². The Labute approximate surface area is 235 Å². The second kappa shape index (κ2) is 10.5. The molecule has 1 fully saturated rings. The highest BCUT2D eigenvalue weighted by Crippen LogP contribution is 2.46. The van der Waals surface area contributed by atoms with Gasteiger partial charge in [-0.15, -0.1) is 0 Å². The van der Waals surface area contributed by atoms with E-state index in [1.54, 1.807) is 24.3 Å². The Morgan fingerprint density at radius 3 is 2.64 bits per heavy atom. The highest BCUT2D eigenvalue weighted by molar-refractivity contribution is 6.33. The zero-order valence-electron chi connectivity index (χ0n) is 21.3. The van der Waals surface area contributed by atoms with Gasteiger partial charge in [0.05, 0.1) is 28.3 Å². The lowest BCUT2D eigenvalue weighted by molar-refractivity contribution is 0.0597. The van der Waals surface area contributed by atoms with Gasteiger partial charge in [0.1, 0.15) is 30.4 Å². The molecule has 0 amide bonds. The zero-order valence-corrected chi connectivity index (χ0v) is 22.8. The molecule has 0 N–H and O–H groups in total. The van der Waals surface area contributed by atoms with E-state index in [1.165, 1.54) is 7.11 Å². The first-order chi connectivity index (χ1) is 18.9. The summed E-state index contributed by atoms with van der Waals surface area (Å²) in [7, 11) is 1.33. The Morgan fingerprint density at radius 1 is 1.05 bits per heavy atom. The molecule has 7 nitrogen and oxygen atoms in total. The third kappa shape index (κ3) is 5.04.